The van der Waals surface area contributed by atoms with Gasteiger partial charge in [-0.15, -0.1) is 0 Å². The van der Waals surface area contributed by atoms with Crippen molar-refractivity contribution in [2.75, 3.05) is 44.3 Å². The average molecular weight is 473 g/mol. The van der Waals surface area contributed by atoms with Gasteiger partial charge in [0, 0.05) is 37.6 Å². The van der Waals surface area contributed by atoms with Crippen molar-refractivity contribution in [1.29, 1.82) is 0 Å². The van der Waals surface area contributed by atoms with E-state index in [-0.39, 0.29) is 24.5 Å². The minimum Gasteiger partial charge on any atom is -0.482 e. The third-order valence-corrected chi connectivity index (χ3v) is 6.96. The van der Waals surface area contributed by atoms with Crippen LogP contribution in [0.4, 0.5) is 11.4 Å². The summed E-state index contributed by atoms with van der Waals surface area (Å²) in [6, 6.07) is 9.55. The van der Waals surface area contributed by atoms with Crippen LogP contribution in [-0.2, 0) is 9.59 Å². The standard InChI is InChI=1S/C25H33ClN4O3/c1-16-17(2)25(23(26)18(3)24(16)27)33-15-22(32)29(4)20-10-12-30(13-11-20)14-21(31)28-19-8-6-5-7-9-19/h5-9,20H,10-15,27H2,1-4H3,(H,28,31). The molecule has 1 heterocycles. The van der Waals surface area contributed by atoms with Crippen molar-refractivity contribution < 1.29 is 14.3 Å². The molecule has 2 aromatic rings. The summed E-state index contributed by atoms with van der Waals surface area (Å²) in [6.45, 7) is 7.43. The molecule has 0 spiro atoms. The van der Waals surface area contributed by atoms with Crippen molar-refractivity contribution >= 4 is 34.8 Å². The van der Waals surface area contributed by atoms with Crippen LogP contribution >= 0.6 is 11.6 Å². The highest BCUT2D eigenvalue weighted by atomic mass is 35.5. The van der Waals surface area contributed by atoms with E-state index in [1.54, 1.807) is 4.90 Å². The number of carbonyl (C=O) groups is 2. The molecule has 8 heteroatoms. The molecule has 0 aliphatic carbocycles. The Morgan fingerprint density at radius 1 is 1.12 bits per heavy atom. The summed E-state index contributed by atoms with van der Waals surface area (Å²) in [5.74, 6) is 0.388. The van der Waals surface area contributed by atoms with E-state index in [0.717, 1.165) is 48.3 Å². The predicted molar refractivity (Wildman–Crippen MR) is 133 cm³/mol. The second kappa shape index (κ2) is 10.9. The lowest BCUT2D eigenvalue weighted by Gasteiger charge is -2.36. The normalized spacial score (nSPS) is 14.7. The minimum absolute atomic E-state index is 0.0289. The van der Waals surface area contributed by atoms with Crippen LogP contribution in [-0.4, -0.2) is 60.9 Å². The molecule has 33 heavy (non-hydrogen) atoms. The zero-order valence-corrected chi connectivity index (χ0v) is 20.5. The molecule has 178 valence electrons. The van der Waals surface area contributed by atoms with Crippen LogP contribution in [0, 0.1) is 20.8 Å². The number of nitrogens with zero attached hydrogens (tertiary/aromatic N) is 2. The van der Waals surface area contributed by atoms with Crippen LogP contribution in [0.25, 0.3) is 0 Å². The van der Waals surface area contributed by atoms with Crippen LogP contribution in [0.2, 0.25) is 5.02 Å². The Labute approximate surface area is 200 Å². The van der Waals surface area contributed by atoms with Gasteiger partial charge in [0.2, 0.25) is 5.91 Å². The molecule has 1 aliphatic rings. The van der Waals surface area contributed by atoms with Crippen LogP contribution in [0.1, 0.15) is 29.5 Å². The number of likely N-dealkylation sites (N-methyl/N-ethyl adjacent to an activating group) is 1. The number of carbonyl (C=O) groups excluding carboxylic acids is 2. The first-order valence-electron chi connectivity index (χ1n) is 11.2. The summed E-state index contributed by atoms with van der Waals surface area (Å²) < 4.78 is 5.85. The molecule has 0 saturated carbocycles. The second-order valence-corrected chi connectivity index (χ2v) is 9.02. The monoisotopic (exact) mass is 472 g/mol. The Morgan fingerprint density at radius 3 is 2.39 bits per heavy atom. The Morgan fingerprint density at radius 2 is 1.76 bits per heavy atom. The van der Waals surface area contributed by atoms with E-state index in [2.05, 4.69) is 10.2 Å². The second-order valence-electron chi connectivity index (χ2n) is 8.65. The number of para-hydroxylation sites is 1. The quantitative estimate of drug-likeness (QED) is 0.598. The van der Waals surface area contributed by atoms with Crippen molar-refractivity contribution in [2.24, 2.45) is 0 Å². The van der Waals surface area contributed by atoms with Crippen molar-refractivity contribution in [3.05, 3.63) is 52.0 Å². The van der Waals surface area contributed by atoms with E-state index < -0.39 is 0 Å². The number of piperidine rings is 1. The number of nitrogens with one attached hydrogen (secondary N) is 1. The average Bonchev–Trinajstić information content (AvgIpc) is 2.82. The summed E-state index contributed by atoms with van der Waals surface area (Å²) in [4.78, 5) is 29.0. The number of anilines is 2. The topological polar surface area (TPSA) is 87.9 Å². The zero-order valence-electron chi connectivity index (χ0n) is 19.8. The van der Waals surface area contributed by atoms with Gasteiger partial charge in [0.1, 0.15) is 5.75 Å². The van der Waals surface area contributed by atoms with Gasteiger partial charge in [-0.3, -0.25) is 14.5 Å². The maximum atomic E-state index is 12.8. The number of hydrogen-bond acceptors (Lipinski definition) is 5. The largest absolute Gasteiger partial charge is 0.482 e. The first-order valence-corrected chi connectivity index (χ1v) is 11.6. The molecule has 0 bridgehead atoms. The molecular formula is C25H33ClN4O3. The summed E-state index contributed by atoms with van der Waals surface area (Å²) in [6.07, 6.45) is 1.61. The number of ether oxygens (including phenoxy) is 1. The molecule has 2 aromatic carbocycles. The molecule has 0 radical (unpaired) electrons. The lowest BCUT2D eigenvalue weighted by Crippen LogP contribution is -2.48. The van der Waals surface area contributed by atoms with E-state index in [9.17, 15) is 9.59 Å². The SMILES string of the molecule is Cc1c(C)c(OCC(=O)N(C)C2CCN(CC(=O)Nc3ccccc3)CC2)c(Cl)c(C)c1N. The van der Waals surface area contributed by atoms with E-state index in [1.165, 1.54) is 0 Å². The number of hydrogen-bond donors (Lipinski definition) is 2. The summed E-state index contributed by atoms with van der Waals surface area (Å²) >= 11 is 6.43. The number of benzene rings is 2. The molecule has 0 aromatic heterocycles. The van der Waals surface area contributed by atoms with E-state index in [0.29, 0.717) is 23.0 Å². The van der Waals surface area contributed by atoms with Gasteiger partial charge in [0.25, 0.3) is 5.91 Å². The lowest BCUT2D eigenvalue weighted by molar-refractivity contribution is -0.135. The highest BCUT2D eigenvalue weighted by Gasteiger charge is 2.27. The fraction of sp³-hybridized carbons (Fsp3) is 0.440. The Hall–Kier alpha value is -2.77. The summed E-state index contributed by atoms with van der Waals surface area (Å²) in [5.41, 5.74) is 10.1. The van der Waals surface area contributed by atoms with Gasteiger partial charge in [-0.05, 0) is 62.4 Å². The van der Waals surface area contributed by atoms with Crippen molar-refractivity contribution in [1.82, 2.24) is 9.80 Å². The van der Waals surface area contributed by atoms with Gasteiger partial charge in [0.05, 0.1) is 11.6 Å². The fourth-order valence-corrected chi connectivity index (χ4v) is 4.41. The maximum Gasteiger partial charge on any atom is 0.260 e. The summed E-state index contributed by atoms with van der Waals surface area (Å²) in [5, 5.41) is 3.37. The third-order valence-electron chi connectivity index (χ3n) is 6.50. The lowest BCUT2D eigenvalue weighted by atomic mass is 10.0. The first-order chi connectivity index (χ1) is 15.7. The smallest absolute Gasteiger partial charge is 0.260 e. The van der Waals surface area contributed by atoms with Gasteiger partial charge in [0.15, 0.2) is 6.61 Å². The van der Waals surface area contributed by atoms with Crippen LogP contribution in [0.3, 0.4) is 0 Å². The molecule has 1 saturated heterocycles. The molecular weight excluding hydrogens is 440 g/mol. The Bertz CT molecular complexity index is 975. The summed E-state index contributed by atoms with van der Waals surface area (Å²) in [7, 11) is 1.81. The Balaban J connectivity index is 1.48. The number of likely N-dealkylation sites (tertiary alicyclic amines) is 1. The van der Waals surface area contributed by atoms with Crippen molar-refractivity contribution in [3.63, 3.8) is 0 Å². The predicted octanol–water partition coefficient (Wildman–Crippen LogP) is 3.79. The molecule has 3 N–H and O–H groups in total. The molecule has 7 nitrogen and oxygen atoms in total. The third kappa shape index (κ3) is 5.97. The minimum atomic E-state index is -0.0992. The maximum absolute atomic E-state index is 12.8. The van der Waals surface area contributed by atoms with Crippen molar-refractivity contribution in [2.45, 2.75) is 39.7 Å². The van der Waals surface area contributed by atoms with E-state index >= 15 is 0 Å². The Kier molecular flexibility index (Phi) is 8.21. The molecule has 2 amide bonds. The molecule has 0 atom stereocenters. The van der Waals surface area contributed by atoms with Gasteiger partial charge >= 0.3 is 0 Å². The van der Waals surface area contributed by atoms with Gasteiger partial charge < -0.3 is 20.7 Å². The zero-order chi connectivity index (χ0) is 24.1. The fourth-order valence-electron chi connectivity index (χ4n) is 4.11. The van der Waals surface area contributed by atoms with E-state index in [1.807, 2.05) is 58.2 Å². The number of nitrogens with two attached hydrogens (primary N) is 1. The van der Waals surface area contributed by atoms with Gasteiger partial charge in [-0.25, -0.2) is 0 Å². The van der Waals surface area contributed by atoms with Gasteiger partial charge in [-0.2, -0.15) is 0 Å². The number of halogens is 1. The van der Waals surface area contributed by atoms with Crippen LogP contribution < -0.4 is 15.8 Å². The molecule has 0 unspecified atom stereocenters. The number of rotatable bonds is 7. The highest BCUT2D eigenvalue weighted by molar-refractivity contribution is 6.33. The molecule has 1 fully saturated rings. The van der Waals surface area contributed by atoms with Gasteiger partial charge in [-0.1, -0.05) is 29.8 Å². The van der Waals surface area contributed by atoms with Crippen molar-refractivity contribution in [3.8, 4) is 5.75 Å². The first kappa shape index (κ1) is 24.9. The highest BCUT2D eigenvalue weighted by Crippen LogP contribution is 2.38. The van der Waals surface area contributed by atoms with Crippen LogP contribution in [0.15, 0.2) is 30.3 Å². The number of amides is 2. The molecule has 3 rings (SSSR count). The molecule has 1 aliphatic heterocycles. The number of nitrogen functional groups attached to an aromatic ring is 1. The van der Waals surface area contributed by atoms with Crippen LogP contribution in [0.5, 0.6) is 5.75 Å². The van der Waals surface area contributed by atoms with E-state index in [4.69, 9.17) is 22.1 Å².